The van der Waals surface area contributed by atoms with Gasteiger partial charge in [0, 0.05) is 51.2 Å². The zero-order valence-electron chi connectivity index (χ0n) is 10.5. The number of hydrogen-bond donors (Lipinski definition) is 1. The number of nitrogens with zero attached hydrogens (tertiary/aromatic N) is 2. The molecule has 1 aliphatic carbocycles. The molecule has 0 atom stereocenters. The lowest BCUT2D eigenvalue weighted by molar-refractivity contribution is -0.134. The molecule has 1 amide bonds. The van der Waals surface area contributed by atoms with E-state index in [-0.39, 0.29) is 0 Å². The number of piperidine rings is 1. The standard InChI is InChI=1S/C13H23N3O/c17-13(11-1-2-11)16-7-3-12(4-8-16)15-9-5-14-6-10-15/h11-12,14H,1-10H2. The maximum absolute atomic E-state index is 11.9. The first-order valence-corrected chi connectivity index (χ1v) is 7.08. The van der Waals surface area contributed by atoms with Crippen molar-refractivity contribution < 1.29 is 4.79 Å². The molecular weight excluding hydrogens is 214 g/mol. The average molecular weight is 237 g/mol. The Hall–Kier alpha value is -0.610. The summed E-state index contributed by atoms with van der Waals surface area (Å²) in [6.07, 6.45) is 4.63. The second-order valence-electron chi connectivity index (χ2n) is 5.62. The molecule has 17 heavy (non-hydrogen) atoms. The monoisotopic (exact) mass is 237 g/mol. The van der Waals surface area contributed by atoms with E-state index in [1.807, 2.05) is 0 Å². The highest BCUT2D eigenvalue weighted by Gasteiger charge is 2.35. The summed E-state index contributed by atoms with van der Waals surface area (Å²) in [6, 6.07) is 0.723. The summed E-state index contributed by atoms with van der Waals surface area (Å²) in [7, 11) is 0. The van der Waals surface area contributed by atoms with Gasteiger partial charge in [-0.1, -0.05) is 0 Å². The highest BCUT2D eigenvalue weighted by molar-refractivity contribution is 5.81. The molecule has 1 saturated carbocycles. The Balaban J connectivity index is 1.47. The van der Waals surface area contributed by atoms with Gasteiger partial charge in [0.1, 0.15) is 0 Å². The molecule has 2 heterocycles. The van der Waals surface area contributed by atoms with Gasteiger partial charge >= 0.3 is 0 Å². The topological polar surface area (TPSA) is 35.6 Å². The maximum atomic E-state index is 11.9. The van der Waals surface area contributed by atoms with Crippen LogP contribution in [-0.2, 0) is 4.79 Å². The second-order valence-corrected chi connectivity index (χ2v) is 5.62. The minimum absolute atomic E-state index is 0.394. The van der Waals surface area contributed by atoms with Crippen molar-refractivity contribution in [3.63, 3.8) is 0 Å². The normalized spacial score (nSPS) is 28.4. The van der Waals surface area contributed by atoms with Crippen molar-refractivity contribution in [1.82, 2.24) is 15.1 Å². The lowest BCUT2D eigenvalue weighted by Gasteiger charge is -2.40. The average Bonchev–Trinajstić information content (AvgIpc) is 3.24. The van der Waals surface area contributed by atoms with Crippen LogP contribution in [0.2, 0.25) is 0 Å². The number of rotatable bonds is 2. The maximum Gasteiger partial charge on any atom is 0.225 e. The fraction of sp³-hybridized carbons (Fsp3) is 0.923. The molecule has 96 valence electrons. The Morgan fingerprint density at radius 2 is 1.59 bits per heavy atom. The van der Waals surface area contributed by atoms with Gasteiger partial charge in [0.15, 0.2) is 0 Å². The Kier molecular flexibility index (Phi) is 3.34. The number of likely N-dealkylation sites (tertiary alicyclic amines) is 1. The van der Waals surface area contributed by atoms with Gasteiger partial charge in [0.05, 0.1) is 0 Å². The van der Waals surface area contributed by atoms with Crippen LogP contribution in [0, 0.1) is 5.92 Å². The van der Waals surface area contributed by atoms with Gasteiger partial charge in [-0.25, -0.2) is 0 Å². The molecule has 0 aromatic heterocycles. The fourth-order valence-electron chi connectivity index (χ4n) is 3.09. The summed E-state index contributed by atoms with van der Waals surface area (Å²) in [6.45, 7) is 6.60. The van der Waals surface area contributed by atoms with E-state index in [9.17, 15) is 4.79 Å². The summed E-state index contributed by atoms with van der Waals surface area (Å²) in [5.41, 5.74) is 0. The van der Waals surface area contributed by atoms with Crippen LogP contribution in [0.1, 0.15) is 25.7 Å². The summed E-state index contributed by atoms with van der Waals surface area (Å²) in [5, 5.41) is 3.40. The lowest BCUT2D eigenvalue weighted by atomic mass is 10.0. The van der Waals surface area contributed by atoms with Crippen molar-refractivity contribution in [2.75, 3.05) is 39.3 Å². The highest BCUT2D eigenvalue weighted by Crippen LogP contribution is 2.32. The SMILES string of the molecule is O=C(C1CC1)N1CCC(N2CCNCC2)CC1. The smallest absolute Gasteiger partial charge is 0.225 e. The van der Waals surface area contributed by atoms with E-state index in [1.165, 1.54) is 25.9 Å². The van der Waals surface area contributed by atoms with Crippen molar-refractivity contribution in [1.29, 1.82) is 0 Å². The Morgan fingerprint density at radius 3 is 2.18 bits per heavy atom. The van der Waals surface area contributed by atoms with E-state index >= 15 is 0 Å². The van der Waals surface area contributed by atoms with E-state index in [0.29, 0.717) is 11.8 Å². The molecule has 2 aliphatic heterocycles. The van der Waals surface area contributed by atoms with Gasteiger partial charge in [0.2, 0.25) is 5.91 Å². The molecule has 3 aliphatic rings. The van der Waals surface area contributed by atoms with Crippen molar-refractivity contribution in [3.8, 4) is 0 Å². The molecule has 2 saturated heterocycles. The molecule has 1 N–H and O–H groups in total. The Bertz CT molecular complexity index is 276. The Morgan fingerprint density at radius 1 is 0.941 bits per heavy atom. The predicted octanol–water partition coefficient (Wildman–Crippen LogP) is 0.293. The quantitative estimate of drug-likeness (QED) is 0.750. The third-order valence-corrected chi connectivity index (χ3v) is 4.37. The van der Waals surface area contributed by atoms with Crippen LogP contribution < -0.4 is 5.32 Å². The summed E-state index contributed by atoms with van der Waals surface area (Å²) in [4.78, 5) is 16.7. The van der Waals surface area contributed by atoms with Gasteiger partial charge in [-0.15, -0.1) is 0 Å². The zero-order valence-corrected chi connectivity index (χ0v) is 10.5. The molecule has 0 radical (unpaired) electrons. The Labute approximate surface area is 103 Å². The van der Waals surface area contributed by atoms with E-state index in [1.54, 1.807) is 0 Å². The molecule has 0 aromatic rings. The van der Waals surface area contributed by atoms with Crippen LogP contribution in [0.4, 0.5) is 0 Å². The summed E-state index contributed by atoms with van der Waals surface area (Å²) < 4.78 is 0. The molecular formula is C13H23N3O. The summed E-state index contributed by atoms with van der Waals surface area (Å²) in [5.74, 6) is 0.828. The number of carbonyl (C=O) groups excluding carboxylic acids is 1. The van der Waals surface area contributed by atoms with Gasteiger partial charge < -0.3 is 10.2 Å². The first-order valence-electron chi connectivity index (χ1n) is 7.08. The number of piperazine rings is 1. The lowest BCUT2D eigenvalue weighted by Crippen LogP contribution is -2.52. The molecule has 4 nitrogen and oxygen atoms in total. The van der Waals surface area contributed by atoms with Crippen LogP contribution in [-0.4, -0.2) is 61.0 Å². The van der Waals surface area contributed by atoms with E-state index in [2.05, 4.69) is 15.1 Å². The zero-order chi connectivity index (χ0) is 11.7. The van der Waals surface area contributed by atoms with Crippen LogP contribution in [0.5, 0.6) is 0 Å². The van der Waals surface area contributed by atoms with Gasteiger partial charge in [-0.2, -0.15) is 0 Å². The predicted molar refractivity (Wildman–Crippen MR) is 66.8 cm³/mol. The minimum Gasteiger partial charge on any atom is -0.342 e. The van der Waals surface area contributed by atoms with Crippen LogP contribution in [0.3, 0.4) is 0 Å². The number of nitrogens with one attached hydrogen (secondary N) is 1. The second kappa shape index (κ2) is 4.94. The first-order chi connectivity index (χ1) is 8.34. The number of hydrogen-bond acceptors (Lipinski definition) is 3. The van der Waals surface area contributed by atoms with Crippen LogP contribution in [0.15, 0.2) is 0 Å². The molecule has 0 spiro atoms. The molecule has 0 bridgehead atoms. The minimum atomic E-state index is 0.394. The molecule has 0 aromatic carbocycles. The van der Waals surface area contributed by atoms with Crippen molar-refractivity contribution >= 4 is 5.91 Å². The molecule has 3 fully saturated rings. The molecule has 0 unspecified atom stereocenters. The van der Waals surface area contributed by atoms with Crippen molar-refractivity contribution in [2.45, 2.75) is 31.7 Å². The van der Waals surface area contributed by atoms with Crippen molar-refractivity contribution in [2.24, 2.45) is 5.92 Å². The largest absolute Gasteiger partial charge is 0.342 e. The third-order valence-electron chi connectivity index (χ3n) is 4.37. The molecule has 3 rings (SSSR count). The number of amides is 1. The van der Waals surface area contributed by atoms with Gasteiger partial charge in [-0.3, -0.25) is 9.69 Å². The molecule has 4 heteroatoms. The number of carbonyl (C=O) groups is 1. The first kappa shape index (κ1) is 11.5. The van der Waals surface area contributed by atoms with E-state index < -0.39 is 0 Å². The highest BCUT2D eigenvalue weighted by atomic mass is 16.2. The fourth-order valence-corrected chi connectivity index (χ4v) is 3.09. The van der Waals surface area contributed by atoms with Gasteiger partial charge in [0.25, 0.3) is 0 Å². The van der Waals surface area contributed by atoms with E-state index in [4.69, 9.17) is 0 Å². The summed E-state index contributed by atoms with van der Waals surface area (Å²) >= 11 is 0. The van der Waals surface area contributed by atoms with Crippen molar-refractivity contribution in [3.05, 3.63) is 0 Å². The third kappa shape index (κ3) is 2.63. The van der Waals surface area contributed by atoms with Crippen LogP contribution >= 0.6 is 0 Å². The van der Waals surface area contributed by atoms with Gasteiger partial charge in [-0.05, 0) is 25.7 Å². The van der Waals surface area contributed by atoms with Crippen LogP contribution in [0.25, 0.3) is 0 Å². The van der Waals surface area contributed by atoms with E-state index in [0.717, 1.165) is 45.1 Å².